The number of carboxylic acids is 1. The molecule has 0 spiro atoms. The SMILES string of the molecule is C=C(C)C(=O)OCCc1ccc(O)c(-n2nc3ccccc3n2)c1.CC(=O)O.COC(CCCCc1ccc(O)c(-n2nc3ccccc3n2)c1)OC.COC(CN)OC.O=CCc1ccc(O)c(-n2nc3ccccc3n2)c1.O=S1(=O)CCCO1.OCCc1ccc(O)c(-n2nc3ccccc3n2)c1.[B-].[Na+]. The van der Waals surface area contributed by atoms with Gasteiger partial charge in [-0.05, 0) is 165 Å². The summed E-state index contributed by atoms with van der Waals surface area (Å²) in [6.07, 6.45) is 6.25. The second kappa shape index (κ2) is 44.6. The van der Waals surface area contributed by atoms with E-state index in [4.69, 9.17) is 44.4 Å². The number of hydrogen-bond acceptors (Lipinski definition) is 25. The van der Waals surface area contributed by atoms with Crippen LogP contribution in [0.3, 0.4) is 0 Å². The van der Waals surface area contributed by atoms with Gasteiger partial charge in [0.15, 0.2) is 12.6 Å². The molecule has 8 N–H and O–H groups in total. The van der Waals surface area contributed by atoms with E-state index >= 15 is 0 Å². The maximum atomic E-state index is 11.4. The predicted octanol–water partition coefficient (Wildman–Crippen LogP) is 5.79. The van der Waals surface area contributed by atoms with Crippen LogP contribution in [-0.4, -0.2) is 199 Å². The molecule has 12 aromatic rings. The normalized spacial score (nSPS) is 11.7. The standard InChI is InChI=1S/C19H23N3O3.C18H17N3O3.C14H13N3O2.C14H11N3O2.C4H11NO2.C3H6O3S.C2H4O2.B.Na/c1-24-19(25-2)10-6-3-7-14-11-12-18(23)17(13-14)22-20-15-8-4-5-9-16(15)21-22;1-12(2)18(23)24-10-9-13-7-8-17(22)16(11-13)21-19-14-5-3-4-6-15(14)20-21;2*18-8-7-10-5-6-14(19)13(9-10)17-15-11-3-1-2-4-12(11)16-17;1-6-4(3-5)7-2;4-7(5)3-1-2-6-7;1-2(3)4;;/h4-5,8-9,11-13,19,23H,3,6-7,10H2,1-2H3;3-8,11,22H,1,9-10H2,2H3;1-6,9,18-19H,7-8H2;1-6,8-9,19H,7H2;4H,3,5H2,1-2H3;1-3H2;1H3,(H,3,4);;/q;;;;;;;-1;+1. The number of unbranched alkanes of at least 4 members (excludes halogenated alkanes) is 1. The van der Waals surface area contributed by atoms with Crippen molar-refractivity contribution in [3.8, 4) is 45.7 Å². The van der Waals surface area contributed by atoms with Crippen LogP contribution in [0.5, 0.6) is 23.0 Å². The summed E-state index contributed by atoms with van der Waals surface area (Å²) in [6.45, 7) is 7.32. The molecule has 0 unspecified atom stereocenters. The Balaban J connectivity index is 0.000000237. The average Bonchev–Trinajstić information content (AvgIpc) is 1.73. The Morgan fingerprint density at radius 3 is 1.11 bits per heavy atom. The Morgan fingerprint density at radius 1 is 0.533 bits per heavy atom. The van der Waals surface area contributed by atoms with Gasteiger partial charge in [0.05, 0.1) is 19.0 Å². The molecule has 8 aromatic carbocycles. The Hall–Kier alpha value is -10.4. The number of esters is 1. The maximum absolute atomic E-state index is 11.4. The third-order valence-electron chi connectivity index (χ3n) is 15.1. The van der Waals surface area contributed by atoms with Gasteiger partial charge in [0.2, 0.25) is 0 Å². The Morgan fingerprint density at radius 2 is 0.850 bits per heavy atom. The fraction of sp³-hybridized carbons (Fsp3) is 0.284. The van der Waals surface area contributed by atoms with E-state index in [1.54, 1.807) is 96.0 Å². The molecule has 4 radical (unpaired) electrons. The molecule has 0 saturated carbocycles. The molecule has 0 aliphatic carbocycles. The number of aliphatic hydroxyl groups is 1. The summed E-state index contributed by atoms with van der Waals surface area (Å²) in [4.78, 5) is 36.6. The quantitative estimate of drug-likeness (QED) is 0.00803. The first-order valence-corrected chi connectivity index (χ1v) is 34.5. The monoisotopic (exact) mass is 1490 g/mol. The number of benzene rings is 8. The van der Waals surface area contributed by atoms with Crippen molar-refractivity contribution in [1.29, 1.82) is 0 Å². The number of aliphatic hydroxyl groups excluding tert-OH is 1. The molecule has 13 rings (SSSR count). The van der Waals surface area contributed by atoms with E-state index in [1.807, 2.05) is 109 Å². The number of fused-ring (bicyclic) bond motifs is 4. The Labute approximate surface area is 641 Å². The van der Waals surface area contributed by atoms with Gasteiger partial charge in [0.25, 0.3) is 16.1 Å². The number of phenolic OH excluding ortho intramolecular Hbond substituents is 4. The number of aliphatic carboxylic acids is 1. The minimum atomic E-state index is -3.05. The van der Waals surface area contributed by atoms with Gasteiger partial charge < -0.3 is 73.3 Å². The minimum Gasteiger partial charge on any atom is -1.00 e. The zero-order valence-electron chi connectivity index (χ0n) is 60.4. The first-order chi connectivity index (χ1) is 50.6. The third kappa shape index (κ3) is 27.2. The van der Waals surface area contributed by atoms with E-state index in [-0.39, 0.29) is 92.5 Å². The molecule has 33 heteroatoms. The molecule has 30 nitrogen and oxygen atoms in total. The van der Waals surface area contributed by atoms with E-state index in [0.717, 1.165) is 105 Å². The van der Waals surface area contributed by atoms with Crippen LogP contribution in [0.1, 0.15) is 61.8 Å². The van der Waals surface area contributed by atoms with Crippen LogP contribution in [0.25, 0.3) is 66.9 Å². The number of aldehydes is 1. The van der Waals surface area contributed by atoms with Crippen LogP contribution in [0.2, 0.25) is 0 Å². The van der Waals surface area contributed by atoms with Crippen molar-refractivity contribution in [1.82, 2.24) is 60.0 Å². The van der Waals surface area contributed by atoms with Crippen LogP contribution >= 0.6 is 0 Å². The predicted molar refractivity (Wildman–Crippen MR) is 398 cm³/mol. The number of carbonyl (C=O) groups excluding carboxylic acids is 2. The molecular formula is C74H85BN13NaO17S. The second-order valence-corrected chi connectivity index (χ2v) is 24.7. The smallest absolute Gasteiger partial charge is 1.00 e. The number of rotatable bonds is 22. The molecule has 1 saturated heterocycles. The summed E-state index contributed by atoms with van der Waals surface area (Å²) in [7, 11) is 3.38. The van der Waals surface area contributed by atoms with E-state index in [9.17, 15) is 38.4 Å². The number of hydrogen-bond donors (Lipinski definition) is 7. The van der Waals surface area contributed by atoms with Crippen LogP contribution in [-0.2, 0) is 78.1 Å². The van der Waals surface area contributed by atoms with E-state index < -0.39 is 22.1 Å². The number of methoxy groups -OCH3 is 4. The fourth-order valence-corrected chi connectivity index (χ4v) is 10.7. The van der Waals surface area contributed by atoms with Gasteiger partial charge in [0, 0.05) is 66.9 Å². The van der Waals surface area contributed by atoms with Crippen LogP contribution in [0.15, 0.2) is 182 Å². The average molecular weight is 1490 g/mol. The molecule has 4 aromatic heterocycles. The molecule has 1 aliphatic heterocycles. The molecular weight excluding hydrogens is 1410 g/mol. The molecule has 5 heterocycles. The number of carbonyl (C=O) groups is 3. The number of ether oxygens (including phenoxy) is 5. The van der Waals surface area contributed by atoms with E-state index in [1.165, 1.54) is 19.2 Å². The summed E-state index contributed by atoms with van der Waals surface area (Å²) in [5, 5.41) is 91.4. The van der Waals surface area contributed by atoms with Gasteiger partial charge in [-0.3, -0.25) is 8.98 Å². The fourth-order valence-electron chi connectivity index (χ4n) is 9.73. The minimum absolute atomic E-state index is 0. The zero-order chi connectivity index (χ0) is 75.8. The van der Waals surface area contributed by atoms with Crippen molar-refractivity contribution in [2.75, 3.05) is 60.6 Å². The van der Waals surface area contributed by atoms with Crippen molar-refractivity contribution < 1.29 is 111 Å². The van der Waals surface area contributed by atoms with Crippen molar-refractivity contribution >= 4 is 80.9 Å². The van der Waals surface area contributed by atoms with Crippen LogP contribution in [0.4, 0.5) is 0 Å². The number of aromatic nitrogens is 12. The van der Waals surface area contributed by atoms with E-state index in [0.29, 0.717) is 67.2 Å². The van der Waals surface area contributed by atoms with Gasteiger partial charge in [-0.1, -0.05) is 79.4 Å². The molecule has 1 aliphatic rings. The van der Waals surface area contributed by atoms with Crippen molar-refractivity contribution in [2.45, 2.75) is 77.8 Å². The van der Waals surface area contributed by atoms with Crippen LogP contribution in [0, 0.1) is 0 Å². The largest absolute Gasteiger partial charge is 1.00 e. The number of aromatic hydroxyl groups is 4. The molecule has 0 amide bonds. The van der Waals surface area contributed by atoms with Crippen molar-refractivity contribution in [3.63, 3.8) is 0 Å². The summed E-state index contributed by atoms with van der Waals surface area (Å²) in [5.74, 6) is -0.598. The summed E-state index contributed by atoms with van der Waals surface area (Å²) in [5.41, 5.74) is 17.5. The number of aryl methyl sites for hydroxylation is 1. The van der Waals surface area contributed by atoms with Crippen molar-refractivity contribution in [3.05, 3.63) is 204 Å². The maximum Gasteiger partial charge on any atom is 1.00 e. The van der Waals surface area contributed by atoms with Gasteiger partial charge in [-0.2, -0.15) is 8.42 Å². The summed E-state index contributed by atoms with van der Waals surface area (Å²) in [6, 6.07) is 50.9. The molecule has 107 heavy (non-hydrogen) atoms. The first kappa shape index (κ1) is 87.3. The Kier molecular flexibility index (Phi) is 36.4. The topological polar surface area (TPSA) is 411 Å². The number of phenols is 4. The van der Waals surface area contributed by atoms with Crippen molar-refractivity contribution in [2.24, 2.45) is 5.73 Å². The van der Waals surface area contributed by atoms with E-state index in [2.05, 4.69) is 51.6 Å². The second-order valence-electron chi connectivity index (χ2n) is 23.0. The zero-order valence-corrected chi connectivity index (χ0v) is 63.2. The third-order valence-corrected chi connectivity index (χ3v) is 16.4. The number of carboxylic acid groups (broad SMARTS) is 1. The summed E-state index contributed by atoms with van der Waals surface area (Å²) >= 11 is 0. The number of nitrogens with zero attached hydrogens (tertiary/aromatic N) is 12. The molecule has 558 valence electrons. The number of nitrogens with two attached hydrogens (primary N) is 1. The first-order valence-electron chi connectivity index (χ1n) is 32.9. The van der Waals surface area contributed by atoms with Gasteiger partial charge >= 0.3 is 35.5 Å². The summed E-state index contributed by atoms with van der Waals surface area (Å²) < 4.78 is 49.6. The van der Waals surface area contributed by atoms with Gasteiger partial charge in [0.1, 0.15) is 96.2 Å². The van der Waals surface area contributed by atoms with Crippen LogP contribution < -0.4 is 35.3 Å². The molecule has 1 fully saturated rings. The molecule has 0 atom stereocenters. The molecule has 0 bridgehead atoms. The Bertz CT molecular complexity index is 4760. The van der Waals surface area contributed by atoms with Gasteiger partial charge in [-0.25, -0.2) is 4.79 Å². The van der Waals surface area contributed by atoms with Gasteiger partial charge in [-0.15, -0.1) is 60.0 Å².